The molecule has 0 spiro atoms. The normalized spacial score (nSPS) is 23.8. The molecule has 1 aliphatic carbocycles. The number of aromatic nitrogens is 1. The molecule has 5 heteroatoms. The largest absolute Gasteiger partial charge is 0.324 e. The van der Waals surface area contributed by atoms with E-state index in [1.807, 2.05) is 17.2 Å². The van der Waals surface area contributed by atoms with Crippen molar-refractivity contribution in [1.82, 2.24) is 14.8 Å². The van der Waals surface area contributed by atoms with Gasteiger partial charge in [-0.15, -0.1) is 0 Å². The second-order valence-electron chi connectivity index (χ2n) is 10.8. The first-order chi connectivity index (χ1) is 16.8. The highest BCUT2D eigenvalue weighted by molar-refractivity contribution is 5.92. The molecule has 1 aromatic carbocycles. The topological polar surface area (TPSA) is 48.5 Å². The van der Waals surface area contributed by atoms with Crippen molar-refractivity contribution in [3.63, 3.8) is 0 Å². The number of amides is 2. The lowest BCUT2D eigenvalue weighted by Gasteiger charge is -2.39. The lowest BCUT2D eigenvalue weighted by atomic mass is 9.65. The van der Waals surface area contributed by atoms with Gasteiger partial charge in [0.15, 0.2) is 0 Å². The predicted octanol–water partition coefficient (Wildman–Crippen LogP) is 6.76. The molecule has 4 rings (SSSR count). The Labute approximate surface area is 211 Å². The molecule has 1 fully saturated rings. The van der Waals surface area contributed by atoms with Crippen LogP contribution in [0.3, 0.4) is 0 Å². The Balaban J connectivity index is 1.40. The molecule has 2 heterocycles. The number of hydrogen-bond acceptors (Lipinski definition) is 3. The minimum absolute atomic E-state index is 0.0449. The van der Waals surface area contributed by atoms with Crippen molar-refractivity contribution in [2.45, 2.75) is 71.3 Å². The molecule has 1 saturated heterocycles. The van der Waals surface area contributed by atoms with E-state index in [0.29, 0.717) is 17.8 Å². The Morgan fingerprint density at radius 2 is 2.03 bits per heavy atom. The molecule has 2 aromatic rings. The molecule has 0 bridgehead atoms. The van der Waals surface area contributed by atoms with Crippen LogP contribution >= 0.6 is 0 Å². The molecule has 2 unspecified atom stereocenters. The summed E-state index contributed by atoms with van der Waals surface area (Å²) in [6.07, 6.45) is 14.0. The van der Waals surface area contributed by atoms with Crippen LogP contribution in [-0.2, 0) is 5.41 Å². The quantitative estimate of drug-likeness (QED) is 0.470. The summed E-state index contributed by atoms with van der Waals surface area (Å²) in [6.45, 7) is 11.6. The maximum absolute atomic E-state index is 13.0. The number of likely N-dealkylation sites (tertiary alicyclic amines) is 1. The molecule has 1 aliphatic heterocycles. The Morgan fingerprint density at radius 3 is 2.74 bits per heavy atom. The van der Waals surface area contributed by atoms with Gasteiger partial charge in [0.05, 0.1) is 0 Å². The average Bonchev–Trinajstić information content (AvgIpc) is 2.86. The lowest BCUT2D eigenvalue weighted by molar-refractivity contribution is 0.142. The molecule has 0 radical (unpaired) electrons. The number of nitrogens with one attached hydrogen (secondary N) is 1. The highest BCUT2D eigenvalue weighted by Crippen LogP contribution is 2.43. The van der Waals surface area contributed by atoms with E-state index in [0.717, 1.165) is 62.5 Å². The number of nitrogens with zero attached hydrogens (tertiary/aromatic N) is 3. The van der Waals surface area contributed by atoms with Gasteiger partial charge in [-0.2, -0.15) is 0 Å². The minimum atomic E-state index is -0.0449. The second-order valence-corrected chi connectivity index (χ2v) is 10.8. The number of urea groups is 1. The Morgan fingerprint density at radius 1 is 1.26 bits per heavy atom. The number of carbonyl (C=O) groups is 1. The number of carbonyl (C=O) groups excluding carboxylic acids is 1. The number of fused-ring (bicyclic) bond motifs is 1. The Hall–Kier alpha value is -2.66. The molecule has 35 heavy (non-hydrogen) atoms. The zero-order valence-corrected chi connectivity index (χ0v) is 22.2. The van der Waals surface area contributed by atoms with Crippen LogP contribution in [0.15, 0.2) is 54.3 Å². The van der Waals surface area contributed by atoms with E-state index in [1.165, 1.54) is 11.1 Å². The molecular weight excluding hydrogens is 432 g/mol. The first kappa shape index (κ1) is 25.4. The van der Waals surface area contributed by atoms with E-state index >= 15 is 0 Å². The molecule has 2 atom stereocenters. The highest BCUT2D eigenvalue weighted by atomic mass is 16.2. The van der Waals surface area contributed by atoms with Gasteiger partial charge in [-0.1, -0.05) is 55.8 Å². The van der Waals surface area contributed by atoms with Crippen molar-refractivity contribution >= 4 is 22.6 Å². The average molecular weight is 475 g/mol. The van der Waals surface area contributed by atoms with E-state index in [1.54, 1.807) is 0 Å². The van der Waals surface area contributed by atoms with Crippen LogP contribution in [0, 0.1) is 5.92 Å². The Bertz CT molecular complexity index is 1100. The van der Waals surface area contributed by atoms with E-state index in [4.69, 9.17) is 0 Å². The smallest absolute Gasteiger partial charge is 0.323 e. The van der Waals surface area contributed by atoms with Gasteiger partial charge >= 0.3 is 6.03 Å². The van der Waals surface area contributed by atoms with Crippen LogP contribution in [0.4, 0.5) is 10.6 Å². The molecule has 188 valence electrons. The fourth-order valence-corrected chi connectivity index (χ4v) is 5.68. The first-order valence-electron chi connectivity index (χ1n) is 13.2. The second kappa shape index (κ2) is 10.9. The summed E-state index contributed by atoms with van der Waals surface area (Å²) >= 11 is 0. The number of rotatable bonds is 6. The van der Waals surface area contributed by atoms with E-state index < -0.39 is 0 Å². The van der Waals surface area contributed by atoms with Gasteiger partial charge < -0.3 is 9.80 Å². The van der Waals surface area contributed by atoms with Crippen LogP contribution in [0.1, 0.15) is 65.4 Å². The number of anilines is 1. The number of hydrogen-bond donors (Lipinski definition) is 1. The van der Waals surface area contributed by atoms with Crippen molar-refractivity contribution in [3.05, 3.63) is 59.8 Å². The molecule has 0 saturated carbocycles. The third kappa shape index (κ3) is 5.78. The summed E-state index contributed by atoms with van der Waals surface area (Å²) in [5.74, 6) is 1.13. The summed E-state index contributed by atoms with van der Waals surface area (Å²) in [5, 5.41) is 5.29. The number of piperidine rings is 1. The third-order valence-corrected chi connectivity index (χ3v) is 8.45. The maximum atomic E-state index is 13.0. The molecule has 1 N–H and O–H groups in total. The van der Waals surface area contributed by atoms with Crippen LogP contribution in [0.5, 0.6) is 0 Å². The number of benzene rings is 1. The van der Waals surface area contributed by atoms with Crippen molar-refractivity contribution in [3.8, 4) is 0 Å². The van der Waals surface area contributed by atoms with E-state index in [-0.39, 0.29) is 11.4 Å². The van der Waals surface area contributed by atoms with Gasteiger partial charge in [0.25, 0.3) is 0 Å². The van der Waals surface area contributed by atoms with Gasteiger partial charge in [0, 0.05) is 37.3 Å². The molecule has 1 aromatic heterocycles. The summed E-state index contributed by atoms with van der Waals surface area (Å²) in [7, 11) is 2.20. The van der Waals surface area contributed by atoms with E-state index in [9.17, 15) is 4.79 Å². The first-order valence-corrected chi connectivity index (χ1v) is 13.2. The summed E-state index contributed by atoms with van der Waals surface area (Å²) in [6, 6.07) is 9.25. The fourth-order valence-electron chi connectivity index (χ4n) is 5.68. The molecule has 2 aliphatic rings. The molecule has 2 amide bonds. The van der Waals surface area contributed by atoms with Crippen molar-refractivity contribution in [2.24, 2.45) is 5.92 Å². The number of allylic oxidation sites excluding steroid dienone is 3. The van der Waals surface area contributed by atoms with Crippen LogP contribution < -0.4 is 5.32 Å². The molecular formula is C30H42N4O. The van der Waals surface area contributed by atoms with Gasteiger partial charge in [-0.25, -0.2) is 9.78 Å². The lowest BCUT2D eigenvalue weighted by Crippen LogP contribution is -2.47. The van der Waals surface area contributed by atoms with Gasteiger partial charge in [-0.3, -0.25) is 5.32 Å². The SMILES string of the molecule is CC=CCCN(C)C1CCN(C(=O)Nc2cc3cc(C4(C)CCC(C)=CC4C)ccc3cn2)CC1. The minimum Gasteiger partial charge on any atom is -0.324 e. The monoisotopic (exact) mass is 474 g/mol. The zero-order chi connectivity index (χ0) is 25.0. The fraction of sp³-hybridized carbons (Fsp3) is 0.533. The maximum Gasteiger partial charge on any atom is 0.323 e. The van der Waals surface area contributed by atoms with Crippen molar-refractivity contribution in [2.75, 3.05) is 32.0 Å². The van der Waals surface area contributed by atoms with Crippen LogP contribution in [-0.4, -0.2) is 53.5 Å². The van der Waals surface area contributed by atoms with Crippen molar-refractivity contribution < 1.29 is 4.79 Å². The standard InChI is InChI=1S/C30H42N4O/c1-6-7-8-15-33(5)27-12-16-34(17-13-27)29(35)32-28-20-25-19-26(10-9-24(25)21-31-28)30(4)14-11-22(2)18-23(30)3/h6-7,9-10,18-21,23,27H,8,11-17H2,1-5H3,(H,31,32,35). The zero-order valence-electron chi connectivity index (χ0n) is 22.2. The van der Waals surface area contributed by atoms with E-state index in [2.05, 4.69) is 86.4 Å². The van der Waals surface area contributed by atoms with Gasteiger partial charge in [-0.05, 0) is 81.3 Å². The summed E-state index contributed by atoms with van der Waals surface area (Å²) < 4.78 is 0. The van der Waals surface area contributed by atoms with Crippen LogP contribution in [0.2, 0.25) is 0 Å². The number of pyridine rings is 1. The third-order valence-electron chi connectivity index (χ3n) is 8.45. The van der Waals surface area contributed by atoms with Gasteiger partial charge in [0.1, 0.15) is 5.82 Å². The predicted molar refractivity (Wildman–Crippen MR) is 147 cm³/mol. The molecule has 5 nitrogen and oxygen atoms in total. The van der Waals surface area contributed by atoms with Gasteiger partial charge in [0.2, 0.25) is 0 Å². The summed E-state index contributed by atoms with van der Waals surface area (Å²) in [5.41, 5.74) is 2.99. The highest BCUT2D eigenvalue weighted by Gasteiger charge is 2.34. The van der Waals surface area contributed by atoms with Crippen LogP contribution in [0.25, 0.3) is 10.8 Å². The van der Waals surface area contributed by atoms with Crippen molar-refractivity contribution in [1.29, 1.82) is 0 Å². The summed E-state index contributed by atoms with van der Waals surface area (Å²) in [4.78, 5) is 21.9. The Kier molecular flexibility index (Phi) is 7.95.